The predicted molar refractivity (Wildman–Crippen MR) is 64.2 cm³/mol. The van der Waals surface area contributed by atoms with Crippen molar-refractivity contribution >= 4 is 5.97 Å². The summed E-state index contributed by atoms with van der Waals surface area (Å²) in [5.41, 5.74) is 0.214. The first-order valence-corrected chi connectivity index (χ1v) is 5.49. The Hall–Kier alpha value is -1.35. The van der Waals surface area contributed by atoms with Crippen molar-refractivity contribution in [3.05, 3.63) is 35.9 Å². The molecule has 0 amide bonds. The Morgan fingerprint density at radius 2 is 1.94 bits per heavy atom. The summed E-state index contributed by atoms with van der Waals surface area (Å²) < 4.78 is 0. The lowest BCUT2D eigenvalue weighted by atomic mass is 9.88. The molecule has 0 aromatic heterocycles. The van der Waals surface area contributed by atoms with Crippen LogP contribution in [0.15, 0.2) is 30.3 Å². The molecule has 0 aliphatic rings. The van der Waals surface area contributed by atoms with Crippen LogP contribution in [0.1, 0.15) is 26.3 Å². The van der Waals surface area contributed by atoms with Crippen molar-refractivity contribution in [3.63, 3.8) is 0 Å². The van der Waals surface area contributed by atoms with Gasteiger partial charge in [0.1, 0.15) is 5.54 Å². The van der Waals surface area contributed by atoms with E-state index in [0.29, 0.717) is 6.54 Å². The third-order valence-electron chi connectivity index (χ3n) is 3.10. The van der Waals surface area contributed by atoms with Crippen LogP contribution < -0.4 is 5.32 Å². The van der Waals surface area contributed by atoms with Crippen LogP contribution in [-0.4, -0.2) is 16.6 Å². The molecular formula is C13H19NO2. The largest absolute Gasteiger partial charge is 0.480 e. The maximum Gasteiger partial charge on any atom is 0.323 e. The summed E-state index contributed by atoms with van der Waals surface area (Å²) in [5.74, 6) is -0.771. The normalized spacial score (nSPS) is 14.8. The molecule has 88 valence electrons. The maximum absolute atomic E-state index is 11.2. The zero-order valence-electron chi connectivity index (χ0n) is 10.0. The minimum atomic E-state index is -0.879. The highest BCUT2D eigenvalue weighted by Gasteiger charge is 2.35. The summed E-state index contributed by atoms with van der Waals surface area (Å²) >= 11 is 0. The van der Waals surface area contributed by atoms with Gasteiger partial charge in [-0.3, -0.25) is 10.1 Å². The molecule has 16 heavy (non-hydrogen) atoms. The van der Waals surface area contributed by atoms with Crippen molar-refractivity contribution in [2.75, 3.05) is 0 Å². The molecule has 1 aromatic rings. The number of aliphatic carboxylic acids is 1. The number of carboxylic acid groups (broad SMARTS) is 1. The van der Waals surface area contributed by atoms with E-state index in [4.69, 9.17) is 0 Å². The van der Waals surface area contributed by atoms with Gasteiger partial charge in [-0.05, 0) is 18.4 Å². The molecule has 3 nitrogen and oxygen atoms in total. The Kier molecular flexibility index (Phi) is 4.07. The quantitative estimate of drug-likeness (QED) is 0.802. The molecule has 1 atom stereocenters. The molecule has 3 heteroatoms. The van der Waals surface area contributed by atoms with Crippen LogP contribution in [0.2, 0.25) is 0 Å². The first-order chi connectivity index (χ1) is 7.47. The van der Waals surface area contributed by atoms with E-state index in [2.05, 4.69) is 5.32 Å². The lowest BCUT2D eigenvalue weighted by molar-refractivity contribution is -0.146. The van der Waals surface area contributed by atoms with Crippen molar-refractivity contribution in [2.45, 2.75) is 32.9 Å². The molecule has 1 unspecified atom stereocenters. The number of nitrogens with one attached hydrogen (secondary N) is 1. The second-order valence-corrected chi connectivity index (χ2v) is 4.50. The number of rotatable bonds is 5. The average molecular weight is 221 g/mol. The maximum atomic E-state index is 11.2. The van der Waals surface area contributed by atoms with Crippen LogP contribution in [0, 0.1) is 5.92 Å². The van der Waals surface area contributed by atoms with Crippen LogP contribution in [0.5, 0.6) is 0 Å². The molecule has 0 saturated heterocycles. The monoisotopic (exact) mass is 221 g/mol. The summed E-state index contributed by atoms with van der Waals surface area (Å²) in [7, 11) is 0. The average Bonchev–Trinajstić information content (AvgIpc) is 2.26. The Bertz CT molecular complexity index is 348. The molecule has 1 aromatic carbocycles. The van der Waals surface area contributed by atoms with Gasteiger partial charge in [0.25, 0.3) is 0 Å². The predicted octanol–water partition coefficient (Wildman–Crippen LogP) is 2.28. The highest BCUT2D eigenvalue weighted by Crippen LogP contribution is 2.17. The van der Waals surface area contributed by atoms with Crippen LogP contribution in [-0.2, 0) is 11.3 Å². The van der Waals surface area contributed by atoms with Crippen LogP contribution in [0.3, 0.4) is 0 Å². The molecule has 0 radical (unpaired) electrons. The highest BCUT2D eigenvalue weighted by molar-refractivity contribution is 5.78. The van der Waals surface area contributed by atoms with Gasteiger partial charge in [-0.1, -0.05) is 44.2 Å². The molecule has 1 rings (SSSR count). The Morgan fingerprint density at radius 1 is 1.38 bits per heavy atom. The molecule has 0 bridgehead atoms. The van der Waals surface area contributed by atoms with Gasteiger partial charge in [0, 0.05) is 6.54 Å². The molecule has 0 saturated carbocycles. The second kappa shape index (κ2) is 5.12. The Morgan fingerprint density at radius 3 is 2.38 bits per heavy atom. The molecule has 0 spiro atoms. The standard InChI is InChI=1S/C13H19NO2/c1-10(2)13(3,12(15)16)14-9-11-7-5-4-6-8-11/h4-8,10,14H,9H2,1-3H3,(H,15,16). The third-order valence-corrected chi connectivity index (χ3v) is 3.10. The van der Waals surface area contributed by atoms with Crippen molar-refractivity contribution in [1.29, 1.82) is 0 Å². The topological polar surface area (TPSA) is 49.3 Å². The van der Waals surface area contributed by atoms with Crippen molar-refractivity contribution in [1.82, 2.24) is 5.32 Å². The van der Waals surface area contributed by atoms with E-state index >= 15 is 0 Å². The van der Waals surface area contributed by atoms with Crippen LogP contribution in [0.25, 0.3) is 0 Å². The van der Waals surface area contributed by atoms with Gasteiger partial charge >= 0.3 is 5.97 Å². The number of carboxylic acids is 1. The smallest absolute Gasteiger partial charge is 0.323 e. The lowest BCUT2D eigenvalue weighted by Gasteiger charge is -2.30. The SMILES string of the molecule is CC(C)C(C)(NCc1ccccc1)C(=O)O. The van der Waals surface area contributed by atoms with Gasteiger partial charge in [0.2, 0.25) is 0 Å². The van der Waals surface area contributed by atoms with E-state index in [1.165, 1.54) is 0 Å². The summed E-state index contributed by atoms with van der Waals surface area (Å²) in [6.45, 7) is 6.11. The molecule has 0 aliphatic heterocycles. The van der Waals surface area contributed by atoms with Gasteiger partial charge in [-0.2, -0.15) is 0 Å². The first-order valence-electron chi connectivity index (χ1n) is 5.49. The van der Waals surface area contributed by atoms with E-state index in [1.54, 1.807) is 6.92 Å². The number of benzene rings is 1. The third kappa shape index (κ3) is 2.83. The van der Waals surface area contributed by atoms with Gasteiger partial charge < -0.3 is 5.11 Å². The fourth-order valence-corrected chi connectivity index (χ4v) is 1.41. The number of carbonyl (C=O) groups is 1. The van der Waals surface area contributed by atoms with Gasteiger partial charge in [0.15, 0.2) is 0 Å². The van der Waals surface area contributed by atoms with E-state index < -0.39 is 11.5 Å². The van der Waals surface area contributed by atoms with Gasteiger partial charge in [0.05, 0.1) is 0 Å². The van der Waals surface area contributed by atoms with E-state index in [-0.39, 0.29) is 5.92 Å². The first kappa shape index (κ1) is 12.7. The zero-order chi connectivity index (χ0) is 12.2. The molecule has 0 heterocycles. The fraction of sp³-hybridized carbons (Fsp3) is 0.462. The van der Waals surface area contributed by atoms with Crippen molar-refractivity contribution in [2.24, 2.45) is 5.92 Å². The van der Waals surface area contributed by atoms with Gasteiger partial charge in [-0.15, -0.1) is 0 Å². The molecule has 0 aliphatic carbocycles. The van der Waals surface area contributed by atoms with Crippen LogP contribution >= 0.6 is 0 Å². The zero-order valence-corrected chi connectivity index (χ0v) is 10.0. The summed E-state index contributed by atoms with van der Waals surface area (Å²) in [6.07, 6.45) is 0. The number of hydrogen-bond acceptors (Lipinski definition) is 2. The van der Waals surface area contributed by atoms with Crippen molar-refractivity contribution < 1.29 is 9.90 Å². The highest BCUT2D eigenvalue weighted by atomic mass is 16.4. The second-order valence-electron chi connectivity index (χ2n) is 4.50. The van der Waals surface area contributed by atoms with E-state index in [0.717, 1.165) is 5.56 Å². The van der Waals surface area contributed by atoms with Crippen LogP contribution in [0.4, 0.5) is 0 Å². The summed E-state index contributed by atoms with van der Waals surface area (Å²) in [5, 5.41) is 12.3. The summed E-state index contributed by atoms with van der Waals surface area (Å²) in [6, 6.07) is 9.81. The van der Waals surface area contributed by atoms with Gasteiger partial charge in [-0.25, -0.2) is 0 Å². The Labute approximate surface area is 96.5 Å². The number of hydrogen-bond donors (Lipinski definition) is 2. The fourth-order valence-electron chi connectivity index (χ4n) is 1.41. The molecule has 0 fully saturated rings. The minimum Gasteiger partial charge on any atom is -0.480 e. The van der Waals surface area contributed by atoms with Crippen molar-refractivity contribution in [3.8, 4) is 0 Å². The molecular weight excluding hydrogens is 202 g/mol. The Balaban J connectivity index is 2.69. The minimum absolute atomic E-state index is 0.0358. The lowest BCUT2D eigenvalue weighted by Crippen LogP contribution is -2.53. The van der Waals surface area contributed by atoms with E-state index in [1.807, 2.05) is 44.2 Å². The summed E-state index contributed by atoms with van der Waals surface area (Å²) in [4.78, 5) is 11.2. The van der Waals surface area contributed by atoms with E-state index in [9.17, 15) is 9.90 Å². The molecule has 2 N–H and O–H groups in total.